The highest BCUT2D eigenvalue weighted by molar-refractivity contribution is 5.76. The van der Waals surface area contributed by atoms with Gasteiger partial charge < -0.3 is 38.9 Å². The minimum atomic E-state index is -1.10. The Bertz CT molecular complexity index is 918. The fourth-order valence-electron chi connectivity index (χ4n) is 2.58. The van der Waals surface area contributed by atoms with E-state index in [9.17, 15) is 19.2 Å². The smallest absolute Gasteiger partial charge is 0.458 e. The van der Waals surface area contributed by atoms with Gasteiger partial charge in [0.2, 0.25) is 0 Å². The summed E-state index contributed by atoms with van der Waals surface area (Å²) in [7, 11) is 0. The summed E-state index contributed by atoms with van der Waals surface area (Å²) in [4.78, 5) is 48.0. The maximum Gasteiger partial charge on any atom is 0.513 e. The first-order chi connectivity index (χ1) is 17.4. The van der Waals surface area contributed by atoms with E-state index in [0.717, 1.165) is 0 Å². The lowest BCUT2D eigenvalue weighted by atomic mass is 10.1. The molecule has 0 fully saturated rings. The molecule has 0 spiro atoms. The van der Waals surface area contributed by atoms with Gasteiger partial charge in [0.15, 0.2) is 11.5 Å². The minimum Gasteiger partial charge on any atom is -0.458 e. The molecule has 0 heterocycles. The van der Waals surface area contributed by atoms with Crippen LogP contribution in [0.5, 0.6) is 11.5 Å². The number of nitrogens with two attached hydrogens (primary N) is 1. The molecule has 1 rings (SSSR count). The Hall–Kier alpha value is -3.54. The second-order valence-corrected chi connectivity index (χ2v) is 8.44. The lowest BCUT2D eigenvalue weighted by Gasteiger charge is -2.23. The second-order valence-electron chi connectivity index (χ2n) is 8.44. The molecule has 37 heavy (non-hydrogen) atoms. The molecule has 1 unspecified atom stereocenters. The number of hydrogen-bond acceptors (Lipinski definition) is 12. The summed E-state index contributed by atoms with van der Waals surface area (Å²) in [5.41, 5.74) is 6.49. The van der Waals surface area contributed by atoms with E-state index in [1.165, 1.54) is 18.2 Å². The van der Waals surface area contributed by atoms with Crippen molar-refractivity contribution in [2.75, 3.05) is 13.2 Å². The molecular formula is C25H37NO11. The van der Waals surface area contributed by atoms with E-state index in [2.05, 4.69) is 0 Å². The van der Waals surface area contributed by atoms with Gasteiger partial charge in [-0.25, -0.2) is 14.4 Å². The van der Waals surface area contributed by atoms with Crippen molar-refractivity contribution in [3.8, 4) is 11.5 Å². The van der Waals surface area contributed by atoms with Crippen molar-refractivity contribution in [1.29, 1.82) is 0 Å². The summed E-state index contributed by atoms with van der Waals surface area (Å²) in [5, 5.41) is 0. The van der Waals surface area contributed by atoms with Crippen molar-refractivity contribution < 1.29 is 52.3 Å². The Kier molecular flexibility index (Phi) is 13.2. The van der Waals surface area contributed by atoms with Crippen LogP contribution in [-0.4, -0.2) is 62.0 Å². The van der Waals surface area contributed by atoms with Crippen LogP contribution in [0, 0.1) is 5.92 Å². The summed E-state index contributed by atoms with van der Waals surface area (Å²) in [6.07, 6.45) is -4.79. The van der Waals surface area contributed by atoms with Crippen molar-refractivity contribution >= 4 is 24.4 Å². The highest BCUT2D eigenvalue weighted by Gasteiger charge is 2.26. The molecular weight excluding hydrogens is 490 g/mol. The summed E-state index contributed by atoms with van der Waals surface area (Å²) >= 11 is 0. The molecule has 0 aliphatic rings. The van der Waals surface area contributed by atoms with Crippen LogP contribution in [0.1, 0.15) is 54.0 Å². The molecule has 0 amide bonds. The molecule has 0 radical (unpaired) electrons. The van der Waals surface area contributed by atoms with Crippen LogP contribution in [0.15, 0.2) is 18.2 Å². The van der Waals surface area contributed by atoms with Crippen LogP contribution in [-0.2, 0) is 34.9 Å². The molecule has 2 N–H and O–H groups in total. The quantitative estimate of drug-likeness (QED) is 0.235. The van der Waals surface area contributed by atoms with Crippen LogP contribution in [0.4, 0.5) is 14.4 Å². The zero-order chi connectivity index (χ0) is 28.1. The summed E-state index contributed by atoms with van der Waals surface area (Å²) in [5.74, 6) is -0.851. The van der Waals surface area contributed by atoms with Gasteiger partial charge in [0.1, 0.15) is 24.4 Å². The Labute approximate surface area is 216 Å². The number of esters is 1. The van der Waals surface area contributed by atoms with Crippen molar-refractivity contribution in [2.24, 2.45) is 11.7 Å². The molecule has 208 valence electrons. The zero-order valence-corrected chi connectivity index (χ0v) is 22.3. The van der Waals surface area contributed by atoms with Crippen LogP contribution < -0.4 is 15.2 Å². The highest BCUT2D eigenvalue weighted by atomic mass is 16.8. The standard InChI is InChI=1S/C25H37NO11/c1-8-31-23(28)36-20-11-10-18(13-21(20)37-24(29)32-9-2)12-19(26)22(27)33-16(6)17(7)35-25(30)34-15(5)14(3)4/h10-11,13-17,19H,8-9,12,26H2,1-7H3/t15?,16-,17-,19-/m0/s1. The first-order valence-corrected chi connectivity index (χ1v) is 12.0. The second kappa shape index (κ2) is 15.5. The third kappa shape index (κ3) is 11.4. The first-order valence-electron chi connectivity index (χ1n) is 12.0. The molecule has 0 saturated carbocycles. The van der Waals surface area contributed by atoms with Crippen LogP contribution in [0.3, 0.4) is 0 Å². The zero-order valence-electron chi connectivity index (χ0n) is 22.3. The van der Waals surface area contributed by atoms with Gasteiger partial charge >= 0.3 is 24.4 Å². The normalized spacial score (nSPS) is 14.0. The van der Waals surface area contributed by atoms with Gasteiger partial charge in [0.05, 0.1) is 13.2 Å². The molecule has 1 aromatic carbocycles. The predicted molar refractivity (Wildman–Crippen MR) is 130 cm³/mol. The van der Waals surface area contributed by atoms with E-state index >= 15 is 0 Å². The molecule has 0 bridgehead atoms. The van der Waals surface area contributed by atoms with Gasteiger partial charge in [-0.15, -0.1) is 0 Å². The Morgan fingerprint density at radius 3 is 1.78 bits per heavy atom. The molecule has 0 saturated heterocycles. The Morgan fingerprint density at radius 1 is 0.730 bits per heavy atom. The largest absolute Gasteiger partial charge is 0.513 e. The highest BCUT2D eigenvalue weighted by Crippen LogP contribution is 2.30. The molecule has 4 atom stereocenters. The van der Waals surface area contributed by atoms with E-state index in [1.807, 2.05) is 13.8 Å². The lowest BCUT2D eigenvalue weighted by molar-refractivity contribution is -0.155. The Morgan fingerprint density at radius 2 is 1.24 bits per heavy atom. The van der Waals surface area contributed by atoms with E-state index in [-0.39, 0.29) is 43.2 Å². The first kappa shape index (κ1) is 31.5. The van der Waals surface area contributed by atoms with Gasteiger partial charge in [-0.1, -0.05) is 19.9 Å². The van der Waals surface area contributed by atoms with Crippen LogP contribution >= 0.6 is 0 Å². The fourth-order valence-corrected chi connectivity index (χ4v) is 2.58. The molecule has 12 heteroatoms. The maximum absolute atomic E-state index is 12.5. The third-order valence-electron chi connectivity index (χ3n) is 5.14. The van der Waals surface area contributed by atoms with Crippen molar-refractivity contribution in [1.82, 2.24) is 0 Å². The number of carbonyl (C=O) groups excluding carboxylic acids is 4. The SMILES string of the molecule is CCOC(=O)Oc1ccc(C[C@H](N)C(=O)O[C@@H](C)[C@H](C)OC(=O)OC(C)C(C)C)cc1OC(=O)OCC. The van der Waals surface area contributed by atoms with Crippen LogP contribution in [0.2, 0.25) is 0 Å². The third-order valence-corrected chi connectivity index (χ3v) is 5.14. The van der Waals surface area contributed by atoms with Crippen molar-refractivity contribution in [3.63, 3.8) is 0 Å². The molecule has 0 aromatic heterocycles. The summed E-state index contributed by atoms with van der Waals surface area (Å²) < 4.78 is 35.3. The number of benzene rings is 1. The van der Waals surface area contributed by atoms with Crippen molar-refractivity contribution in [2.45, 2.75) is 79.2 Å². The summed E-state index contributed by atoms with van der Waals surface area (Å²) in [6, 6.07) is 3.16. The molecule has 1 aromatic rings. The average Bonchev–Trinajstić information content (AvgIpc) is 2.80. The van der Waals surface area contributed by atoms with E-state index < -0.39 is 42.7 Å². The molecule has 0 aliphatic carbocycles. The number of rotatable bonds is 12. The van der Waals surface area contributed by atoms with Crippen molar-refractivity contribution in [3.05, 3.63) is 23.8 Å². The van der Waals surface area contributed by atoms with Crippen LogP contribution in [0.25, 0.3) is 0 Å². The van der Waals surface area contributed by atoms with Gasteiger partial charge in [0.25, 0.3) is 0 Å². The van der Waals surface area contributed by atoms with Gasteiger partial charge in [-0.2, -0.15) is 0 Å². The van der Waals surface area contributed by atoms with E-state index in [1.54, 1.807) is 34.6 Å². The van der Waals surface area contributed by atoms with E-state index in [0.29, 0.717) is 5.56 Å². The maximum atomic E-state index is 12.5. The summed E-state index contributed by atoms with van der Waals surface area (Å²) in [6.45, 7) is 12.0. The number of carbonyl (C=O) groups is 4. The van der Waals surface area contributed by atoms with E-state index in [4.69, 9.17) is 38.9 Å². The monoisotopic (exact) mass is 527 g/mol. The molecule has 0 aliphatic heterocycles. The number of hydrogen-bond donors (Lipinski definition) is 1. The fraction of sp³-hybridized carbons (Fsp3) is 0.600. The molecule has 12 nitrogen and oxygen atoms in total. The number of ether oxygens (including phenoxy) is 7. The topological polar surface area (TPSA) is 159 Å². The van der Waals surface area contributed by atoms with Gasteiger partial charge in [-0.3, -0.25) is 4.79 Å². The lowest BCUT2D eigenvalue weighted by Crippen LogP contribution is -2.39. The van der Waals surface area contributed by atoms with Gasteiger partial charge in [0, 0.05) is 0 Å². The van der Waals surface area contributed by atoms with Gasteiger partial charge in [-0.05, 0) is 64.7 Å². The minimum absolute atomic E-state index is 0.00634. The average molecular weight is 528 g/mol. The predicted octanol–water partition coefficient (Wildman–Crippen LogP) is 4.14. The Balaban J connectivity index is 2.82.